The molecular weight excluding hydrogens is 336 g/mol. The van der Waals surface area contributed by atoms with E-state index in [1.54, 1.807) is 20.8 Å². The molecule has 138 valence electrons. The maximum atomic E-state index is 12.2. The monoisotopic (exact) mass is 356 g/mol. The van der Waals surface area contributed by atoms with Crippen molar-refractivity contribution in [3.8, 4) is 0 Å². The fraction of sp³-hybridized carbons (Fsp3) is 0.533. The lowest BCUT2D eigenvalue weighted by atomic mass is 10.3. The van der Waals surface area contributed by atoms with E-state index < -0.39 is 41.2 Å². The van der Waals surface area contributed by atoms with Crippen molar-refractivity contribution < 1.29 is 38.1 Å². The van der Waals surface area contributed by atoms with Crippen LogP contribution in [0.15, 0.2) is 0 Å². The molecule has 0 aliphatic carbocycles. The van der Waals surface area contributed by atoms with Crippen LogP contribution in [0.25, 0.3) is 0 Å². The second-order valence-corrected chi connectivity index (χ2v) is 4.33. The molecule has 1 rings (SSSR count). The average Bonchev–Trinajstić information content (AvgIpc) is 2.96. The van der Waals surface area contributed by atoms with E-state index in [0.717, 1.165) is 0 Å². The molecule has 0 aliphatic heterocycles. The summed E-state index contributed by atoms with van der Waals surface area (Å²) in [6.45, 7) is 6.12. The Labute approximate surface area is 144 Å². The summed E-state index contributed by atoms with van der Waals surface area (Å²) < 4.78 is 19.9. The van der Waals surface area contributed by atoms with Gasteiger partial charge in [0.1, 0.15) is 0 Å². The van der Waals surface area contributed by atoms with Gasteiger partial charge in [0.2, 0.25) is 5.82 Å². The van der Waals surface area contributed by atoms with Gasteiger partial charge in [-0.15, -0.1) is 0 Å². The third-order valence-electron chi connectivity index (χ3n) is 2.72. The molecule has 10 heteroatoms. The Balaban J connectivity index is 3.63. The fourth-order valence-electron chi connectivity index (χ4n) is 1.85. The molecule has 25 heavy (non-hydrogen) atoms. The van der Waals surface area contributed by atoms with Crippen molar-refractivity contribution in [2.45, 2.75) is 27.7 Å². The number of hydrogen-bond acceptors (Lipinski definition) is 9. The lowest BCUT2D eigenvalue weighted by Gasteiger charge is -2.09. The van der Waals surface area contributed by atoms with E-state index >= 15 is 0 Å². The van der Waals surface area contributed by atoms with Gasteiger partial charge >= 0.3 is 24.0 Å². The molecule has 1 heterocycles. The molecule has 10 nitrogen and oxygen atoms in total. The Bertz CT molecular complexity index is 610. The zero-order valence-electron chi connectivity index (χ0n) is 14.5. The number of ether oxygens (including phenoxy) is 4. The Kier molecular flexibility index (Phi) is 7.57. The van der Waals surface area contributed by atoms with Crippen LogP contribution in [-0.4, -0.2) is 60.0 Å². The number of rotatable bonds is 7. The van der Waals surface area contributed by atoms with Crippen molar-refractivity contribution >= 4 is 24.0 Å². The standard InChI is InChI=1S/C15H20N2O8/c1-5-22-12(18)9-10(13(19)23-6-2)17(15(21)25-8-4)11(16-9)14(20)24-7-3/h5-8H2,1-4H3. The molecule has 0 saturated carbocycles. The van der Waals surface area contributed by atoms with E-state index in [-0.39, 0.29) is 26.4 Å². The van der Waals surface area contributed by atoms with Gasteiger partial charge in [0, 0.05) is 0 Å². The summed E-state index contributed by atoms with van der Waals surface area (Å²) in [5.74, 6) is -3.59. The molecule has 1 aromatic heterocycles. The topological polar surface area (TPSA) is 123 Å². The van der Waals surface area contributed by atoms with E-state index in [0.29, 0.717) is 4.57 Å². The Hall–Kier alpha value is -2.91. The molecule has 0 saturated heterocycles. The van der Waals surface area contributed by atoms with E-state index in [9.17, 15) is 19.2 Å². The van der Waals surface area contributed by atoms with Gasteiger partial charge in [0.15, 0.2) is 11.4 Å². The number of nitrogens with zero attached hydrogens (tertiary/aromatic N) is 2. The zero-order chi connectivity index (χ0) is 19.0. The summed E-state index contributed by atoms with van der Waals surface area (Å²) >= 11 is 0. The molecule has 0 aliphatic rings. The molecule has 0 fully saturated rings. The first-order chi connectivity index (χ1) is 11.9. The van der Waals surface area contributed by atoms with Crippen LogP contribution in [0.3, 0.4) is 0 Å². The van der Waals surface area contributed by atoms with Gasteiger partial charge in [-0.25, -0.2) is 28.7 Å². The summed E-state index contributed by atoms with van der Waals surface area (Å²) in [6, 6.07) is 0. The molecule has 0 aromatic carbocycles. The van der Waals surface area contributed by atoms with Crippen LogP contribution in [-0.2, 0) is 18.9 Å². The largest absolute Gasteiger partial charge is 0.461 e. The second-order valence-electron chi connectivity index (χ2n) is 4.33. The van der Waals surface area contributed by atoms with E-state index in [1.165, 1.54) is 6.92 Å². The predicted octanol–water partition coefficient (Wildman–Crippen LogP) is 1.42. The highest BCUT2D eigenvalue weighted by Gasteiger charge is 2.35. The van der Waals surface area contributed by atoms with Crippen LogP contribution >= 0.6 is 0 Å². The minimum Gasteiger partial charge on any atom is -0.461 e. The summed E-state index contributed by atoms with van der Waals surface area (Å²) in [7, 11) is 0. The lowest BCUT2D eigenvalue weighted by Crippen LogP contribution is -2.26. The highest BCUT2D eigenvalue weighted by molar-refractivity contribution is 6.05. The number of hydrogen-bond donors (Lipinski definition) is 0. The Morgan fingerprint density at radius 1 is 0.760 bits per heavy atom. The van der Waals surface area contributed by atoms with E-state index in [4.69, 9.17) is 18.9 Å². The van der Waals surface area contributed by atoms with Crippen LogP contribution in [0.5, 0.6) is 0 Å². The Morgan fingerprint density at radius 2 is 1.24 bits per heavy atom. The molecule has 0 unspecified atom stereocenters. The molecule has 0 spiro atoms. The average molecular weight is 356 g/mol. The molecule has 0 amide bonds. The zero-order valence-corrected chi connectivity index (χ0v) is 14.5. The Morgan fingerprint density at radius 3 is 1.76 bits per heavy atom. The minimum atomic E-state index is -1.07. The van der Waals surface area contributed by atoms with Crippen LogP contribution in [0, 0.1) is 0 Å². The van der Waals surface area contributed by atoms with Crippen molar-refractivity contribution in [2.75, 3.05) is 26.4 Å². The van der Waals surface area contributed by atoms with Gasteiger partial charge in [0.25, 0.3) is 0 Å². The lowest BCUT2D eigenvalue weighted by molar-refractivity contribution is 0.0465. The quantitative estimate of drug-likeness (QED) is 0.527. The molecule has 0 bridgehead atoms. The van der Waals surface area contributed by atoms with E-state index in [2.05, 4.69) is 4.98 Å². The van der Waals surface area contributed by atoms with Crippen LogP contribution in [0.1, 0.15) is 59.3 Å². The smallest absolute Gasteiger partial charge is 0.420 e. The molecule has 0 radical (unpaired) electrons. The van der Waals surface area contributed by atoms with Crippen LogP contribution < -0.4 is 0 Å². The molecule has 1 aromatic rings. The van der Waals surface area contributed by atoms with Crippen molar-refractivity contribution in [2.24, 2.45) is 0 Å². The maximum absolute atomic E-state index is 12.2. The predicted molar refractivity (Wildman–Crippen MR) is 82.5 cm³/mol. The third-order valence-corrected chi connectivity index (χ3v) is 2.72. The summed E-state index contributed by atoms with van der Waals surface area (Å²) in [5, 5.41) is 0. The van der Waals surface area contributed by atoms with Gasteiger partial charge in [-0.05, 0) is 27.7 Å². The van der Waals surface area contributed by atoms with Crippen molar-refractivity contribution in [3.63, 3.8) is 0 Å². The SMILES string of the molecule is CCOC(=O)c1nc(C(=O)OCC)n(C(=O)OCC)c1C(=O)OCC. The summed E-state index contributed by atoms with van der Waals surface area (Å²) in [6.07, 6.45) is -1.07. The van der Waals surface area contributed by atoms with Crippen molar-refractivity contribution in [3.05, 3.63) is 17.2 Å². The van der Waals surface area contributed by atoms with Gasteiger partial charge in [0.05, 0.1) is 26.4 Å². The molecule has 0 N–H and O–H groups in total. The number of carbonyl (C=O) groups excluding carboxylic acids is 4. The van der Waals surface area contributed by atoms with Gasteiger partial charge in [-0.3, -0.25) is 0 Å². The number of imidazole rings is 1. The number of aromatic nitrogens is 2. The normalized spacial score (nSPS) is 10.1. The van der Waals surface area contributed by atoms with Gasteiger partial charge < -0.3 is 18.9 Å². The fourth-order valence-corrected chi connectivity index (χ4v) is 1.85. The van der Waals surface area contributed by atoms with Crippen LogP contribution in [0.2, 0.25) is 0 Å². The second kappa shape index (κ2) is 9.40. The van der Waals surface area contributed by atoms with Crippen molar-refractivity contribution in [1.29, 1.82) is 0 Å². The van der Waals surface area contributed by atoms with Crippen molar-refractivity contribution in [1.82, 2.24) is 9.55 Å². The highest BCUT2D eigenvalue weighted by Crippen LogP contribution is 2.17. The number of esters is 3. The van der Waals surface area contributed by atoms with Gasteiger partial charge in [-0.1, -0.05) is 0 Å². The van der Waals surface area contributed by atoms with Gasteiger partial charge in [-0.2, -0.15) is 0 Å². The first-order valence-corrected chi connectivity index (χ1v) is 7.73. The van der Waals surface area contributed by atoms with E-state index in [1.807, 2.05) is 0 Å². The highest BCUT2D eigenvalue weighted by atomic mass is 16.6. The maximum Gasteiger partial charge on any atom is 0.420 e. The van der Waals surface area contributed by atoms with Crippen LogP contribution in [0.4, 0.5) is 4.79 Å². The minimum absolute atomic E-state index is 0.00199. The first kappa shape index (κ1) is 20.1. The summed E-state index contributed by atoms with van der Waals surface area (Å²) in [5.41, 5.74) is -1.08. The molecular formula is C15H20N2O8. The number of carbonyl (C=O) groups is 4. The molecule has 0 atom stereocenters. The first-order valence-electron chi connectivity index (χ1n) is 7.73. The summed E-state index contributed by atoms with van der Waals surface area (Å²) in [4.78, 5) is 52.4. The third kappa shape index (κ3) is 4.55.